The van der Waals surface area contributed by atoms with E-state index in [4.69, 9.17) is 5.73 Å². The second-order valence-corrected chi connectivity index (χ2v) is 5.73. The molecule has 1 aromatic rings. The number of carbonyl (C=O) groups is 1. The van der Waals surface area contributed by atoms with Crippen LogP contribution in [0.1, 0.15) is 25.7 Å². The molecular weight excluding hydrogens is 266 g/mol. The molecule has 1 amide bonds. The van der Waals surface area contributed by atoms with Gasteiger partial charge in [-0.2, -0.15) is 0 Å². The molecule has 1 aromatic heterocycles. The predicted molar refractivity (Wildman–Crippen MR) is 83.9 cm³/mol. The van der Waals surface area contributed by atoms with Crippen molar-refractivity contribution in [2.45, 2.75) is 25.7 Å². The van der Waals surface area contributed by atoms with Crippen molar-refractivity contribution in [2.24, 2.45) is 16.1 Å². The molecule has 0 atom stereocenters. The Labute approximate surface area is 125 Å². The summed E-state index contributed by atoms with van der Waals surface area (Å²) in [6.45, 7) is 0.426. The van der Waals surface area contributed by atoms with Crippen LogP contribution >= 0.6 is 0 Å². The zero-order valence-corrected chi connectivity index (χ0v) is 12.7. The van der Waals surface area contributed by atoms with Crippen molar-refractivity contribution >= 4 is 17.7 Å². The second kappa shape index (κ2) is 6.56. The number of amides is 1. The minimum atomic E-state index is -0.389. The third kappa shape index (κ3) is 3.71. The van der Waals surface area contributed by atoms with Crippen molar-refractivity contribution in [3.05, 3.63) is 24.4 Å². The van der Waals surface area contributed by atoms with E-state index in [1.54, 1.807) is 25.2 Å². The third-order valence-corrected chi connectivity index (χ3v) is 3.89. The van der Waals surface area contributed by atoms with Gasteiger partial charge in [0.25, 0.3) is 0 Å². The zero-order chi connectivity index (χ0) is 15.3. The minimum Gasteiger partial charge on any atom is -0.370 e. The first-order valence-electron chi connectivity index (χ1n) is 7.23. The Hall–Kier alpha value is -2.11. The molecule has 0 spiro atoms. The van der Waals surface area contributed by atoms with E-state index >= 15 is 0 Å². The summed E-state index contributed by atoms with van der Waals surface area (Å²) in [5.41, 5.74) is 5.50. The molecule has 1 heterocycles. The molecule has 0 aromatic carbocycles. The summed E-state index contributed by atoms with van der Waals surface area (Å²) in [7, 11) is 3.59. The second-order valence-electron chi connectivity index (χ2n) is 5.73. The highest BCUT2D eigenvalue weighted by Gasteiger charge is 2.41. The van der Waals surface area contributed by atoms with Crippen molar-refractivity contribution in [3.8, 4) is 0 Å². The van der Waals surface area contributed by atoms with Crippen LogP contribution in [0.4, 0.5) is 5.82 Å². The third-order valence-electron chi connectivity index (χ3n) is 3.89. The fourth-order valence-electron chi connectivity index (χ4n) is 2.81. The number of nitrogens with two attached hydrogens (primary N) is 1. The Morgan fingerprint density at radius 3 is 2.71 bits per heavy atom. The molecule has 0 saturated heterocycles. The lowest BCUT2D eigenvalue weighted by atomic mass is 9.85. The number of pyridine rings is 1. The maximum absolute atomic E-state index is 12.4. The molecule has 0 aliphatic heterocycles. The number of hydrogen-bond acceptors (Lipinski definition) is 3. The summed E-state index contributed by atoms with van der Waals surface area (Å²) >= 11 is 0. The van der Waals surface area contributed by atoms with Gasteiger partial charge in [0.05, 0.1) is 12.0 Å². The quantitative estimate of drug-likeness (QED) is 0.649. The molecular formula is C15H23N5O. The van der Waals surface area contributed by atoms with Crippen molar-refractivity contribution in [1.29, 1.82) is 0 Å². The number of nitrogens with one attached hydrogen (secondary N) is 1. The summed E-state index contributed by atoms with van der Waals surface area (Å²) in [6, 6.07) is 5.52. The van der Waals surface area contributed by atoms with Crippen LogP contribution in [0.15, 0.2) is 29.4 Å². The van der Waals surface area contributed by atoms with Gasteiger partial charge in [0.1, 0.15) is 5.82 Å². The van der Waals surface area contributed by atoms with Crippen LogP contribution in [0.3, 0.4) is 0 Å². The molecule has 2 rings (SSSR count). The van der Waals surface area contributed by atoms with E-state index in [0.717, 1.165) is 25.7 Å². The number of hydrogen-bond donors (Lipinski definition) is 2. The lowest BCUT2D eigenvalue weighted by molar-refractivity contribution is -0.138. The van der Waals surface area contributed by atoms with Crippen molar-refractivity contribution in [1.82, 2.24) is 9.88 Å². The molecule has 21 heavy (non-hydrogen) atoms. The van der Waals surface area contributed by atoms with Crippen LogP contribution in [0.5, 0.6) is 0 Å². The lowest BCUT2D eigenvalue weighted by Gasteiger charge is -2.29. The SMILES string of the molecule is CN(C)C(=O)C1(CN=C(N)Nc2ccccn2)CCCC1. The normalized spacial score (nSPS) is 17.5. The van der Waals surface area contributed by atoms with Gasteiger partial charge in [-0.1, -0.05) is 18.9 Å². The van der Waals surface area contributed by atoms with Crippen LogP contribution in [0, 0.1) is 5.41 Å². The minimum absolute atomic E-state index is 0.148. The van der Waals surface area contributed by atoms with E-state index in [-0.39, 0.29) is 11.3 Å². The highest BCUT2D eigenvalue weighted by atomic mass is 16.2. The van der Waals surface area contributed by atoms with Crippen molar-refractivity contribution in [2.75, 3.05) is 26.0 Å². The highest BCUT2D eigenvalue weighted by Crippen LogP contribution is 2.39. The van der Waals surface area contributed by atoms with Gasteiger partial charge >= 0.3 is 0 Å². The molecule has 1 aliphatic carbocycles. The summed E-state index contributed by atoms with van der Waals surface area (Å²) in [5, 5.41) is 2.94. The highest BCUT2D eigenvalue weighted by molar-refractivity contribution is 5.91. The summed E-state index contributed by atoms with van der Waals surface area (Å²) in [4.78, 5) is 22.6. The number of carbonyl (C=O) groups excluding carboxylic acids is 1. The van der Waals surface area contributed by atoms with Gasteiger partial charge in [0.2, 0.25) is 5.91 Å². The molecule has 0 bridgehead atoms. The smallest absolute Gasteiger partial charge is 0.230 e. The van der Waals surface area contributed by atoms with E-state index < -0.39 is 0 Å². The standard InChI is InChI=1S/C15H23N5O/c1-20(2)13(21)15(8-4-5-9-15)11-18-14(16)19-12-7-3-6-10-17-12/h3,6-7,10H,4-5,8-9,11H2,1-2H3,(H3,16,17,18,19). The number of nitrogens with zero attached hydrogens (tertiary/aromatic N) is 3. The van der Waals surface area contributed by atoms with Crippen LogP contribution in [-0.4, -0.2) is 42.4 Å². The molecule has 6 heteroatoms. The zero-order valence-electron chi connectivity index (χ0n) is 12.7. The van der Waals surface area contributed by atoms with E-state index in [2.05, 4.69) is 15.3 Å². The van der Waals surface area contributed by atoms with Crippen LogP contribution in [0.2, 0.25) is 0 Å². The van der Waals surface area contributed by atoms with Crippen molar-refractivity contribution < 1.29 is 4.79 Å². The van der Waals surface area contributed by atoms with E-state index in [0.29, 0.717) is 18.3 Å². The van der Waals surface area contributed by atoms with Gasteiger partial charge in [0, 0.05) is 20.3 Å². The number of anilines is 1. The molecule has 0 unspecified atom stereocenters. The van der Waals surface area contributed by atoms with Gasteiger partial charge in [-0.15, -0.1) is 0 Å². The Bertz CT molecular complexity index is 506. The molecule has 1 aliphatic rings. The largest absolute Gasteiger partial charge is 0.370 e. The summed E-state index contributed by atoms with van der Waals surface area (Å²) < 4.78 is 0. The fourth-order valence-corrected chi connectivity index (χ4v) is 2.81. The average molecular weight is 289 g/mol. The fraction of sp³-hybridized carbons (Fsp3) is 0.533. The number of aromatic nitrogens is 1. The summed E-state index contributed by atoms with van der Waals surface area (Å²) in [6.07, 6.45) is 5.59. The van der Waals surface area contributed by atoms with Gasteiger partial charge in [-0.3, -0.25) is 9.79 Å². The Morgan fingerprint density at radius 1 is 1.43 bits per heavy atom. The number of rotatable bonds is 4. The average Bonchev–Trinajstić information content (AvgIpc) is 2.95. The van der Waals surface area contributed by atoms with Gasteiger partial charge in [0.15, 0.2) is 5.96 Å². The van der Waals surface area contributed by atoms with Gasteiger partial charge < -0.3 is 16.0 Å². The Kier molecular flexibility index (Phi) is 4.77. The molecule has 114 valence electrons. The topological polar surface area (TPSA) is 83.6 Å². The maximum atomic E-state index is 12.4. The predicted octanol–water partition coefficient (Wildman–Crippen LogP) is 1.46. The molecule has 1 fully saturated rings. The van der Waals surface area contributed by atoms with Gasteiger partial charge in [-0.05, 0) is 25.0 Å². The summed E-state index contributed by atoms with van der Waals surface area (Å²) in [5.74, 6) is 1.10. The first-order valence-corrected chi connectivity index (χ1v) is 7.23. The molecule has 3 N–H and O–H groups in total. The van der Waals surface area contributed by atoms with E-state index in [1.807, 2.05) is 18.2 Å². The molecule has 0 radical (unpaired) electrons. The molecule has 1 saturated carbocycles. The number of aliphatic imine (C=N–C) groups is 1. The first-order chi connectivity index (χ1) is 10.0. The monoisotopic (exact) mass is 289 g/mol. The Balaban J connectivity index is 2.04. The van der Waals surface area contributed by atoms with Crippen molar-refractivity contribution in [3.63, 3.8) is 0 Å². The van der Waals surface area contributed by atoms with Crippen LogP contribution < -0.4 is 11.1 Å². The maximum Gasteiger partial charge on any atom is 0.230 e. The molecule has 6 nitrogen and oxygen atoms in total. The van der Waals surface area contributed by atoms with E-state index in [1.165, 1.54) is 0 Å². The first kappa shape index (κ1) is 15.3. The Morgan fingerprint density at radius 2 is 2.14 bits per heavy atom. The number of guanidine groups is 1. The van der Waals surface area contributed by atoms with Crippen LogP contribution in [0.25, 0.3) is 0 Å². The van der Waals surface area contributed by atoms with E-state index in [9.17, 15) is 4.79 Å². The van der Waals surface area contributed by atoms with Crippen LogP contribution in [-0.2, 0) is 4.79 Å². The van der Waals surface area contributed by atoms with Gasteiger partial charge in [-0.25, -0.2) is 4.98 Å². The lowest BCUT2D eigenvalue weighted by Crippen LogP contribution is -2.41.